The van der Waals surface area contributed by atoms with Crippen LogP contribution in [-0.2, 0) is 7.05 Å². The first-order valence-corrected chi connectivity index (χ1v) is 4.46. The van der Waals surface area contributed by atoms with Crippen molar-refractivity contribution >= 4 is 11.6 Å². The molecule has 76 valence electrons. The fourth-order valence-corrected chi connectivity index (χ4v) is 1.29. The summed E-state index contributed by atoms with van der Waals surface area (Å²) in [5, 5.41) is 13.8. The summed E-state index contributed by atoms with van der Waals surface area (Å²) >= 11 is 0. The molecule has 0 bridgehead atoms. The lowest BCUT2D eigenvalue weighted by Crippen LogP contribution is -2.18. The average Bonchev–Trinajstić information content (AvgIpc) is 2.70. The van der Waals surface area contributed by atoms with Gasteiger partial charge in [-0.3, -0.25) is 4.57 Å². The van der Waals surface area contributed by atoms with Crippen LogP contribution >= 0.6 is 0 Å². The lowest BCUT2D eigenvalue weighted by atomic mass is 10.3. The van der Waals surface area contributed by atoms with Gasteiger partial charge in [0.2, 0.25) is 12.1 Å². The minimum absolute atomic E-state index is 0.0263. The molecule has 1 heterocycles. The smallest absolute Gasteiger partial charge is 0.359 e. The number of aromatic nitrogens is 2. The number of hydrogen-bond acceptors (Lipinski definition) is 4. The molecule has 1 N–H and O–H groups in total. The van der Waals surface area contributed by atoms with E-state index in [1.165, 1.54) is 6.33 Å². The van der Waals surface area contributed by atoms with Crippen LogP contribution < -0.4 is 5.32 Å². The first kappa shape index (κ1) is 8.98. The number of rotatable bonds is 3. The van der Waals surface area contributed by atoms with Crippen molar-refractivity contribution in [3.63, 3.8) is 0 Å². The molecule has 1 fully saturated rings. The first-order chi connectivity index (χ1) is 6.52. The number of anilines is 1. The molecule has 6 heteroatoms. The fraction of sp³-hybridized carbons (Fsp3) is 0.625. The number of nitrogens with zero attached hydrogens (tertiary/aromatic N) is 3. The molecule has 14 heavy (non-hydrogen) atoms. The van der Waals surface area contributed by atoms with Crippen molar-refractivity contribution < 1.29 is 4.92 Å². The zero-order valence-corrected chi connectivity index (χ0v) is 8.15. The highest BCUT2D eigenvalue weighted by Gasteiger charge is 2.39. The minimum Gasteiger partial charge on any atom is -0.359 e. The van der Waals surface area contributed by atoms with E-state index in [2.05, 4.69) is 10.3 Å². The van der Waals surface area contributed by atoms with Crippen LogP contribution in [0.3, 0.4) is 0 Å². The van der Waals surface area contributed by atoms with Crippen LogP contribution in [0, 0.1) is 10.1 Å². The molecular formula is C8H12N4O2. The fourth-order valence-electron chi connectivity index (χ4n) is 1.29. The molecule has 6 nitrogen and oxygen atoms in total. The summed E-state index contributed by atoms with van der Waals surface area (Å²) in [6.45, 7) is 2.05. The first-order valence-electron chi connectivity index (χ1n) is 4.46. The van der Waals surface area contributed by atoms with Crippen LogP contribution in [0.4, 0.5) is 11.6 Å². The van der Waals surface area contributed by atoms with Gasteiger partial charge in [0.1, 0.15) is 0 Å². The van der Waals surface area contributed by atoms with Gasteiger partial charge in [-0.2, -0.15) is 0 Å². The van der Waals surface area contributed by atoms with Crippen molar-refractivity contribution in [2.24, 2.45) is 7.05 Å². The van der Waals surface area contributed by atoms with Gasteiger partial charge in [0, 0.05) is 12.6 Å². The van der Waals surface area contributed by atoms with E-state index in [-0.39, 0.29) is 11.4 Å². The molecule has 0 aromatic carbocycles. The standard InChI is InChI=1S/C8H12N4O2/c1-8(3-4-8)10-7-6(12(13)14)9-5-11(7)2/h5,10H,3-4H2,1-2H3. The third-order valence-corrected chi connectivity index (χ3v) is 2.51. The maximum absolute atomic E-state index is 10.6. The number of imidazole rings is 1. The number of nitrogens with one attached hydrogen (secondary N) is 1. The second kappa shape index (κ2) is 2.70. The molecule has 0 radical (unpaired) electrons. The van der Waals surface area contributed by atoms with E-state index in [9.17, 15) is 10.1 Å². The van der Waals surface area contributed by atoms with E-state index >= 15 is 0 Å². The molecular weight excluding hydrogens is 184 g/mol. The third-order valence-electron chi connectivity index (χ3n) is 2.51. The zero-order chi connectivity index (χ0) is 10.3. The van der Waals surface area contributed by atoms with Gasteiger partial charge in [-0.25, -0.2) is 0 Å². The molecule has 0 saturated heterocycles. The Labute approximate surface area is 81.1 Å². The normalized spacial score (nSPS) is 17.9. The minimum atomic E-state index is -0.464. The van der Waals surface area contributed by atoms with Crippen molar-refractivity contribution in [3.05, 3.63) is 16.4 Å². The van der Waals surface area contributed by atoms with Crippen LogP contribution in [0.5, 0.6) is 0 Å². The number of nitro groups is 1. The van der Waals surface area contributed by atoms with Crippen LogP contribution in [0.25, 0.3) is 0 Å². The maximum atomic E-state index is 10.6. The van der Waals surface area contributed by atoms with Crippen LogP contribution in [-0.4, -0.2) is 20.0 Å². The van der Waals surface area contributed by atoms with Gasteiger partial charge >= 0.3 is 5.82 Å². The molecule has 1 aromatic heterocycles. The van der Waals surface area contributed by atoms with Gasteiger partial charge in [-0.15, -0.1) is 0 Å². The zero-order valence-electron chi connectivity index (χ0n) is 8.15. The Bertz CT molecular complexity index is 381. The highest BCUT2D eigenvalue weighted by molar-refractivity contribution is 5.54. The monoisotopic (exact) mass is 196 g/mol. The van der Waals surface area contributed by atoms with Gasteiger partial charge in [0.15, 0.2) is 0 Å². The van der Waals surface area contributed by atoms with Crippen molar-refractivity contribution in [1.29, 1.82) is 0 Å². The maximum Gasteiger partial charge on any atom is 0.406 e. The summed E-state index contributed by atoms with van der Waals surface area (Å²) in [4.78, 5) is 13.9. The highest BCUT2D eigenvalue weighted by atomic mass is 16.6. The molecule has 0 aliphatic heterocycles. The molecule has 0 atom stereocenters. The second-order valence-corrected chi connectivity index (χ2v) is 3.97. The Morgan fingerprint density at radius 1 is 1.71 bits per heavy atom. The Morgan fingerprint density at radius 3 is 2.86 bits per heavy atom. The molecule has 2 rings (SSSR count). The van der Waals surface area contributed by atoms with E-state index < -0.39 is 4.92 Å². The van der Waals surface area contributed by atoms with Gasteiger partial charge in [-0.05, 0) is 29.7 Å². The lowest BCUT2D eigenvalue weighted by Gasteiger charge is -2.11. The Morgan fingerprint density at radius 2 is 2.36 bits per heavy atom. The summed E-state index contributed by atoms with van der Waals surface area (Å²) in [5.74, 6) is 0.399. The molecule has 0 unspecified atom stereocenters. The number of aryl methyl sites for hydroxylation is 1. The summed E-state index contributed by atoms with van der Waals surface area (Å²) in [5.41, 5.74) is 0.0263. The topological polar surface area (TPSA) is 73.0 Å². The Balaban J connectivity index is 2.30. The van der Waals surface area contributed by atoms with Gasteiger partial charge in [0.05, 0.1) is 0 Å². The summed E-state index contributed by atoms with van der Waals surface area (Å²) in [6.07, 6.45) is 3.55. The lowest BCUT2D eigenvalue weighted by molar-refractivity contribution is -0.388. The highest BCUT2D eigenvalue weighted by Crippen LogP contribution is 2.39. The third kappa shape index (κ3) is 1.43. The van der Waals surface area contributed by atoms with Crippen molar-refractivity contribution in [2.45, 2.75) is 25.3 Å². The Kier molecular flexibility index (Phi) is 1.73. The van der Waals surface area contributed by atoms with Crippen LogP contribution in [0.1, 0.15) is 19.8 Å². The van der Waals surface area contributed by atoms with E-state index in [1.54, 1.807) is 11.6 Å². The van der Waals surface area contributed by atoms with E-state index in [0.29, 0.717) is 5.82 Å². The predicted octanol–water partition coefficient (Wildman–Crippen LogP) is 1.29. The largest absolute Gasteiger partial charge is 0.406 e. The van der Waals surface area contributed by atoms with E-state index in [1.807, 2.05) is 6.92 Å². The molecule has 1 aromatic rings. The van der Waals surface area contributed by atoms with Gasteiger partial charge in [-0.1, -0.05) is 0 Å². The molecule has 1 saturated carbocycles. The quantitative estimate of drug-likeness (QED) is 0.584. The molecule has 1 aliphatic rings. The van der Waals surface area contributed by atoms with Crippen molar-refractivity contribution in [2.75, 3.05) is 5.32 Å². The average molecular weight is 196 g/mol. The predicted molar refractivity (Wildman–Crippen MR) is 51.1 cm³/mol. The van der Waals surface area contributed by atoms with Crippen LogP contribution in [0.15, 0.2) is 6.33 Å². The van der Waals surface area contributed by atoms with Crippen molar-refractivity contribution in [1.82, 2.24) is 9.55 Å². The van der Waals surface area contributed by atoms with Crippen LogP contribution in [0.2, 0.25) is 0 Å². The SMILES string of the molecule is Cn1cnc([N+](=O)[O-])c1NC1(C)CC1. The molecule has 0 spiro atoms. The van der Waals surface area contributed by atoms with E-state index in [4.69, 9.17) is 0 Å². The van der Waals surface area contributed by atoms with E-state index in [0.717, 1.165) is 12.8 Å². The summed E-state index contributed by atoms with van der Waals surface area (Å²) in [7, 11) is 1.74. The molecule has 1 aliphatic carbocycles. The summed E-state index contributed by atoms with van der Waals surface area (Å²) < 4.78 is 1.64. The molecule has 0 amide bonds. The van der Waals surface area contributed by atoms with Gasteiger partial charge < -0.3 is 15.4 Å². The Hall–Kier alpha value is -1.59. The summed E-state index contributed by atoms with van der Waals surface area (Å²) in [6, 6.07) is 0. The van der Waals surface area contributed by atoms with Gasteiger partial charge in [0.25, 0.3) is 0 Å². The number of hydrogen-bond donors (Lipinski definition) is 1. The van der Waals surface area contributed by atoms with Crippen molar-refractivity contribution in [3.8, 4) is 0 Å². The second-order valence-electron chi connectivity index (χ2n) is 3.97.